The molecule has 112 valence electrons. The van der Waals surface area contributed by atoms with Crippen molar-refractivity contribution in [3.05, 3.63) is 42.0 Å². The summed E-state index contributed by atoms with van der Waals surface area (Å²) in [6.45, 7) is 8.42. The first-order valence-electron chi connectivity index (χ1n) is 7.24. The molecule has 2 aliphatic carbocycles. The molecule has 2 fully saturated rings. The second kappa shape index (κ2) is 4.39. The maximum atomic E-state index is 13.2. The van der Waals surface area contributed by atoms with Gasteiger partial charge in [-0.1, -0.05) is 26.0 Å². The zero-order valence-corrected chi connectivity index (χ0v) is 12.3. The van der Waals surface area contributed by atoms with Crippen molar-refractivity contribution in [2.45, 2.75) is 33.1 Å². The molecule has 2 aliphatic rings. The highest BCUT2D eigenvalue weighted by Crippen LogP contribution is 2.65. The maximum absolute atomic E-state index is 13.2. The van der Waals surface area contributed by atoms with Crippen LogP contribution in [0.15, 0.2) is 30.4 Å². The number of halogens is 2. The van der Waals surface area contributed by atoms with Crippen molar-refractivity contribution in [1.82, 2.24) is 0 Å². The normalized spacial score (nSPS) is 29.7. The first-order valence-corrected chi connectivity index (χ1v) is 7.24. The van der Waals surface area contributed by atoms with E-state index >= 15 is 0 Å². The average Bonchev–Trinajstić information content (AvgIpc) is 2.95. The van der Waals surface area contributed by atoms with Gasteiger partial charge in [-0.3, -0.25) is 4.79 Å². The summed E-state index contributed by atoms with van der Waals surface area (Å²) in [4.78, 5) is 12.7. The molecule has 2 atom stereocenters. The molecule has 2 nitrogen and oxygen atoms in total. The van der Waals surface area contributed by atoms with E-state index < -0.39 is 17.0 Å². The summed E-state index contributed by atoms with van der Waals surface area (Å²) in [6, 6.07) is 3.41. The van der Waals surface area contributed by atoms with Crippen LogP contribution in [0, 0.1) is 28.4 Å². The average molecular weight is 291 g/mol. The van der Waals surface area contributed by atoms with Crippen LogP contribution in [0.3, 0.4) is 0 Å². The fourth-order valence-electron chi connectivity index (χ4n) is 3.97. The van der Waals surface area contributed by atoms with Crippen molar-refractivity contribution in [2.24, 2.45) is 16.7 Å². The van der Waals surface area contributed by atoms with Gasteiger partial charge in [0.05, 0.1) is 5.41 Å². The van der Waals surface area contributed by atoms with Crippen LogP contribution >= 0.6 is 0 Å². The van der Waals surface area contributed by atoms with Gasteiger partial charge in [0.1, 0.15) is 0 Å². The van der Waals surface area contributed by atoms with Crippen LogP contribution in [0.4, 0.5) is 14.5 Å². The molecular weight excluding hydrogens is 272 g/mol. The minimum absolute atomic E-state index is 0.0381. The number of benzene rings is 1. The molecule has 1 N–H and O–H groups in total. The van der Waals surface area contributed by atoms with Crippen LogP contribution in [0.5, 0.6) is 0 Å². The summed E-state index contributed by atoms with van der Waals surface area (Å²) < 4.78 is 26.2. The van der Waals surface area contributed by atoms with E-state index in [4.69, 9.17) is 0 Å². The monoisotopic (exact) mass is 291 g/mol. The molecule has 2 unspecified atom stereocenters. The number of hydrogen-bond acceptors (Lipinski definition) is 1. The number of hydrogen-bond donors (Lipinski definition) is 1. The van der Waals surface area contributed by atoms with Gasteiger partial charge in [0.25, 0.3) is 0 Å². The number of anilines is 1. The Morgan fingerprint density at radius 2 is 2.05 bits per heavy atom. The molecule has 0 aromatic heterocycles. The molecule has 2 bridgehead atoms. The van der Waals surface area contributed by atoms with E-state index in [0.717, 1.165) is 37.0 Å². The van der Waals surface area contributed by atoms with E-state index in [2.05, 4.69) is 25.7 Å². The van der Waals surface area contributed by atoms with E-state index in [9.17, 15) is 13.6 Å². The quantitative estimate of drug-likeness (QED) is 0.809. The van der Waals surface area contributed by atoms with Crippen LogP contribution in [0.2, 0.25) is 0 Å². The summed E-state index contributed by atoms with van der Waals surface area (Å²) >= 11 is 0. The molecule has 0 radical (unpaired) electrons. The van der Waals surface area contributed by atoms with Gasteiger partial charge in [0.2, 0.25) is 5.91 Å². The van der Waals surface area contributed by atoms with E-state index in [0.29, 0.717) is 5.92 Å². The fraction of sp³-hybridized carbons (Fsp3) is 0.471. The Labute approximate surface area is 123 Å². The van der Waals surface area contributed by atoms with Crippen molar-refractivity contribution in [3.63, 3.8) is 0 Å². The fourth-order valence-corrected chi connectivity index (χ4v) is 3.97. The van der Waals surface area contributed by atoms with Gasteiger partial charge in [0, 0.05) is 11.8 Å². The number of rotatable bonds is 2. The Kier molecular flexibility index (Phi) is 2.98. The van der Waals surface area contributed by atoms with Crippen molar-refractivity contribution in [3.8, 4) is 0 Å². The Morgan fingerprint density at radius 1 is 1.33 bits per heavy atom. The van der Waals surface area contributed by atoms with Gasteiger partial charge in [0.15, 0.2) is 11.6 Å². The Balaban J connectivity index is 1.86. The summed E-state index contributed by atoms with van der Waals surface area (Å²) in [5.41, 5.74) is 0.656. The third-order valence-electron chi connectivity index (χ3n) is 5.50. The topological polar surface area (TPSA) is 29.1 Å². The molecule has 0 saturated heterocycles. The maximum Gasteiger partial charge on any atom is 0.234 e. The Hall–Kier alpha value is -1.71. The van der Waals surface area contributed by atoms with Crippen LogP contribution in [0.1, 0.15) is 33.1 Å². The lowest BCUT2D eigenvalue weighted by molar-refractivity contribution is -0.123. The molecular formula is C17H19F2NO. The van der Waals surface area contributed by atoms with Gasteiger partial charge in [-0.2, -0.15) is 0 Å². The third kappa shape index (κ3) is 1.92. The second-order valence-electron chi connectivity index (χ2n) is 6.81. The zero-order chi connectivity index (χ0) is 15.4. The highest BCUT2D eigenvalue weighted by Gasteiger charge is 2.60. The number of carbonyl (C=O) groups is 1. The number of carbonyl (C=O) groups excluding carboxylic acids is 1. The van der Waals surface area contributed by atoms with Gasteiger partial charge in [-0.25, -0.2) is 8.78 Å². The third-order valence-corrected chi connectivity index (χ3v) is 5.50. The van der Waals surface area contributed by atoms with Gasteiger partial charge < -0.3 is 5.32 Å². The van der Waals surface area contributed by atoms with Crippen LogP contribution < -0.4 is 5.32 Å². The molecule has 21 heavy (non-hydrogen) atoms. The van der Waals surface area contributed by atoms with E-state index in [-0.39, 0.29) is 17.0 Å². The van der Waals surface area contributed by atoms with E-state index in [1.807, 2.05) is 0 Å². The van der Waals surface area contributed by atoms with Crippen molar-refractivity contribution in [1.29, 1.82) is 0 Å². The van der Waals surface area contributed by atoms with E-state index in [1.165, 1.54) is 6.07 Å². The lowest BCUT2D eigenvalue weighted by Gasteiger charge is -2.37. The van der Waals surface area contributed by atoms with Crippen molar-refractivity contribution < 1.29 is 13.6 Å². The number of nitrogens with one attached hydrogen (secondary N) is 1. The summed E-state index contributed by atoms with van der Waals surface area (Å²) in [5.74, 6) is -1.55. The molecule has 1 aromatic rings. The molecule has 4 heteroatoms. The van der Waals surface area contributed by atoms with Crippen LogP contribution in [-0.2, 0) is 4.79 Å². The van der Waals surface area contributed by atoms with Gasteiger partial charge in [-0.15, -0.1) is 0 Å². The van der Waals surface area contributed by atoms with Crippen LogP contribution in [0.25, 0.3) is 0 Å². The highest BCUT2D eigenvalue weighted by molar-refractivity contribution is 5.98. The molecule has 1 amide bonds. The highest BCUT2D eigenvalue weighted by atomic mass is 19.2. The molecule has 2 saturated carbocycles. The lowest BCUT2D eigenvalue weighted by atomic mass is 9.68. The largest absolute Gasteiger partial charge is 0.325 e. The minimum atomic E-state index is -0.958. The lowest BCUT2D eigenvalue weighted by Crippen LogP contribution is -2.37. The predicted octanol–water partition coefficient (Wildman–Crippen LogP) is 4.29. The van der Waals surface area contributed by atoms with Gasteiger partial charge >= 0.3 is 0 Å². The Morgan fingerprint density at radius 3 is 2.62 bits per heavy atom. The minimum Gasteiger partial charge on any atom is -0.325 e. The van der Waals surface area contributed by atoms with Crippen LogP contribution in [-0.4, -0.2) is 5.91 Å². The summed E-state index contributed by atoms with van der Waals surface area (Å²) in [6.07, 6.45) is 2.60. The molecule has 0 aliphatic heterocycles. The smallest absolute Gasteiger partial charge is 0.234 e. The molecule has 1 aromatic carbocycles. The SMILES string of the molecule is C=C1C2(C(=O)Nc3ccc(F)c(F)c3)CCC(C2)C1(C)C. The number of fused-ring (bicyclic) bond motifs is 2. The zero-order valence-electron chi connectivity index (χ0n) is 12.3. The predicted molar refractivity (Wildman–Crippen MR) is 77.7 cm³/mol. The molecule has 3 rings (SSSR count). The molecule has 0 spiro atoms. The first kappa shape index (κ1) is 14.2. The van der Waals surface area contributed by atoms with Crippen molar-refractivity contribution in [2.75, 3.05) is 5.32 Å². The summed E-state index contributed by atoms with van der Waals surface area (Å²) in [7, 11) is 0. The molecule has 0 heterocycles. The van der Waals surface area contributed by atoms with Crippen molar-refractivity contribution >= 4 is 11.6 Å². The standard InChI is InChI=1S/C17H19F2NO/c1-10-16(2,3)11-6-7-17(10,9-11)15(21)20-12-4-5-13(18)14(19)8-12/h4-5,8,11H,1,6-7,9H2,2-3H3,(H,20,21). The first-order chi connectivity index (χ1) is 9.77. The summed E-state index contributed by atoms with van der Waals surface area (Å²) in [5, 5.41) is 2.73. The van der Waals surface area contributed by atoms with Gasteiger partial charge in [-0.05, 0) is 42.7 Å². The van der Waals surface area contributed by atoms with E-state index in [1.54, 1.807) is 0 Å². The Bertz CT molecular complexity index is 638. The number of amides is 1. The second-order valence-corrected chi connectivity index (χ2v) is 6.81.